The van der Waals surface area contributed by atoms with Gasteiger partial charge in [0, 0.05) is 12.6 Å². The van der Waals surface area contributed by atoms with Crippen molar-refractivity contribution < 1.29 is 37.5 Å². The molecule has 0 radical (unpaired) electrons. The molecule has 3 amide bonds. The number of carbonyl (C=O) groups is 4. The molecule has 1 aliphatic carbocycles. The van der Waals surface area contributed by atoms with Gasteiger partial charge in [0.2, 0.25) is 0 Å². The summed E-state index contributed by atoms with van der Waals surface area (Å²) in [6, 6.07) is 12.4. The first-order valence-electron chi connectivity index (χ1n) is 14.3. The molecule has 14 heteroatoms. The van der Waals surface area contributed by atoms with E-state index in [9.17, 15) is 37.5 Å². The van der Waals surface area contributed by atoms with Crippen LogP contribution in [0, 0.1) is 24.4 Å². The molecule has 47 heavy (non-hydrogen) atoms. The topological polar surface area (TPSA) is 155 Å². The molecule has 1 aliphatic rings. The molecule has 0 unspecified atom stereocenters. The summed E-state index contributed by atoms with van der Waals surface area (Å²) in [7, 11) is 0. The van der Waals surface area contributed by atoms with E-state index in [1.807, 2.05) is 0 Å². The maximum absolute atomic E-state index is 14.3. The first-order valence-corrected chi connectivity index (χ1v) is 14.3. The molecule has 11 nitrogen and oxygen atoms in total. The number of aromatic carboxylic acids is 1. The number of anilines is 1. The molecule has 238 valence electrons. The molecular formula is C33H25F3N6O5. The highest BCUT2D eigenvalue weighted by molar-refractivity contribution is 6.09. The van der Waals surface area contributed by atoms with Crippen LogP contribution in [0.4, 0.5) is 18.9 Å². The zero-order valence-corrected chi connectivity index (χ0v) is 24.6. The minimum atomic E-state index is -1.09. The summed E-state index contributed by atoms with van der Waals surface area (Å²) in [6.07, 6.45) is 2.13. The lowest BCUT2D eigenvalue weighted by atomic mass is 9.98. The first kappa shape index (κ1) is 31.0. The van der Waals surface area contributed by atoms with Crippen LogP contribution in [0.3, 0.4) is 0 Å². The molecule has 4 N–H and O–H groups in total. The fraction of sp³-hybridized carbons (Fsp3) is 0.152. The second-order valence-electron chi connectivity index (χ2n) is 10.9. The predicted molar refractivity (Wildman–Crippen MR) is 162 cm³/mol. The Kier molecular flexibility index (Phi) is 8.16. The highest BCUT2D eigenvalue weighted by Crippen LogP contribution is 2.35. The summed E-state index contributed by atoms with van der Waals surface area (Å²) in [4.78, 5) is 56.1. The molecule has 6 rings (SSSR count). The van der Waals surface area contributed by atoms with Gasteiger partial charge in [-0.3, -0.25) is 14.4 Å². The molecule has 1 atom stereocenters. The average molecular weight is 643 g/mol. The zero-order chi connectivity index (χ0) is 33.4. The number of carboxylic acid groups (broad SMARTS) is 1. The number of aromatic nitrogens is 3. The quantitative estimate of drug-likeness (QED) is 0.190. The number of amides is 3. The van der Waals surface area contributed by atoms with Gasteiger partial charge in [0.25, 0.3) is 17.7 Å². The van der Waals surface area contributed by atoms with Crippen LogP contribution in [0.2, 0.25) is 0 Å². The Morgan fingerprint density at radius 1 is 0.915 bits per heavy atom. The largest absolute Gasteiger partial charge is 0.478 e. The van der Waals surface area contributed by atoms with Gasteiger partial charge in [-0.15, -0.1) is 0 Å². The molecule has 0 aliphatic heterocycles. The standard InChI is InChI=1S/C33H25F3N6O5/c1-16-18-9-11-25(20(18)8-7-19(16)33(46)47)40-32(45)28-13-27(31(44)37-14-17-6-10-22(34)24(36)12-17)39-29-21(15-38-42(28)29)30(43)41-26-5-3-2-4-23(26)35/h2-8,10,12-13,15,25H,9,11,14H2,1H3,(H,37,44)(H,40,45)(H,41,43)(H,46,47)/t25-/m1/s1. The van der Waals surface area contributed by atoms with Gasteiger partial charge < -0.3 is 21.1 Å². The smallest absolute Gasteiger partial charge is 0.335 e. The van der Waals surface area contributed by atoms with Gasteiger partial charge in [0.05, 0.1) is 23.5 Å². The van der Waals surface area contributed by atoms with E-state index in [4.69, 9.17) is 0 Å². The fourth-order valence-electron chi connectivity index (χ4n) is 5.57. The Hall–Kier alpha value is -6.05. The van der Waals surface area contributed by atoms with Crippen molar-refractivity contribution in [3.63, 3.8) is 0 Å². The number of carbonyl (C=O) groups excluding carboxylic acids is 3. The van der Waals surface area contributed by atoms with Crippen molar-refractivity contribution in [2.45, 2.75) is 32.4 Å². The Bertz CT molecular complexity index is 2110. The number of carboxylic acids is 1. The van der Waals surface area contributed by atoms with Gasteiger partial charge in [-0.25, -0.2) is 27.5 Å². The summed E-state index contributed by atoms with van der Waals surface area (Å²) in [5.74, 6) is -6.16. The molecule has 2 aromatic heterocycles. The molecule has 3 aromatic carbocycles. The normalized spacial score (nSPS) is 13.7. The van der Waals surface area contributed by atoms with Crippen LogP contribution in [0.25, 0.3) is 5.65 Å². The third-order valence-corrected chi connectivity index (χ3v) is 7.97. The minimum Gasteiger partial charge on any atom is -0.478 e. The summed E-state index contributed by atoms with van der Waals surface area (Å²) in [5.41, 5.74) is 1.69. The summed E-state index contributed by atoms with van der Waals surface area (Å²) >= 11 is 0. The fourth-order valence-corrected chi connectivity index (χ4v) is 5.57. The van der Waals surface area contributed by atoms with Crippen molar-refractivity contribution >= 4 is 35.0 Å². The molecule has 0 saturated carbocycles. The summed E-state index contributed by atoms with van der Waals surface area (Å²) < 4.78 is 42.4. The maximum atomic E-state index is 14.3. The molecular weight excluding hydrogens is 617 g/mol. The van der Waals surface area contributed by atoms with Crippen LogP contribution < -0.4 is 16.0 Å². The van der Waals surface area contributed by atoms with Crippen LogP contribution in [0.15, 0.2) is 66.9 Å². The lowest BCUT2D eigenvalue weighted by Crippen LogP contribution is -2.31. The zero-order valence-electron chi connectivity index (χ0n) is 24.6. The van der Waals surface area contributed by atoms with Gasteiger partial charge in [0.15, 0.2) is 17.3 Å². The maximum Gasteiger partial charge on any atom is 0.335 e. The van der Waals surface area contributed by atoms with Gasteiger partial charge >= 0.3 is 5.97 Å². The molecule has 5 aromatic rings. The van der Waals surface area contributed by atoms with Crippen molar-refractivity contribution in [1.82, 2.24) is 25.2 Å². The van der Waals surface area contributed by atoms with Crippen molar-refractivity contribution in [3.8, 4) is 0 Å². The van der Waals surface area contributed by atoms with Crippen LogP contribution in [0.5, 0.6) is 0 Å². The average Bonchev–Trinajstić information content (AvgIpc) is 3.67. The highest BCUT2D eigenvalue weighted by Gasteiger charge is 2.30. The van der Waals surface area contributed by atoms with E-state index in [0.717, 1.165) is 40.0 Å². The van der Waals surface area contributed by atoms with E-state index in [1.54, 1.807) is 13.0 Å². The van der Waals surface area contributed by atoms with Crippen LogP contribution in [-0.4, -0.2) is 43.4 Å². The van der Waals surface area contributed by atoms with E-state index in [0.29, 0.717) is 18.4 Å². The van der Waals surface area contributed by atoms with Gasteiger partial charge in [-0.05, 0) is 72.4 Å². The number of hydrogen-bond donors (Lipinski definition) is 4. The van der Waals surface area contributed by atoms with Crippen molar-refractivity contribution in [2.24, 2.45) is 0 Å². The number of rotatable bonds is 8. The summed E-state index contributed by atoms with van der Waals surface area (Å²) in [6.45, 7) is 1.50. The van der Waals surface area contributed by atoms with E-state index in [2.05, 4.69) is 26.0 Å². The Labute approximate surface area is 264 Å². The summed E-state index contributed by atoms with van der Waals surface area (Å²) in [5, 5.41) is 21.5. The second kappa shape index (κ2) is 12.4. The molecule has 0 bridgehead atoms. The van der Waals surface area contributed by atoms with Crippen LogP contribution in [0.1, 0.15) is 76.4 Å². The molecule has 2 heterocycles. The lowest BCUT2D eigenvalue weighted by Gasteiger charge is -2.16. The predicted octanol–water partition coefficient (Wildman–Crippen LogP) is 4.75. The van der Waals surface area contributed by atoms with Crippen LogP contribution >= 0.6 is 0 Å². The Balaban J connectivity index is 1.34. The number of nitrogens with one attached hydrogen (secondary N) is 3. The number of fused-ring (bicyclic) bond motifs is 2. The third-order valence-electron chi connectivity index (χ3n) is 7.97. The van der Waals surface area contributed by atoms with E-state index in [1.165, 1.54) is 36.4 Å². The van der Waals surface area contributed by atoms with Crippen molar-refractivity contribution in [1.29, 1.82) is 0 Å². The number of halogens is 3. The van der Waals surface area contributed by atoms with Crippen molar-refractivity contribution in [2.75, 3.05) is 5.32 Å². The number of benzene rings is 3. The lowest BCUT2D eigenvalue weighted by molar-refractivity contribution is 0.0695. The van der Waals surface area contributed by atoms with Crippen LogP contribution in [-0.2, 0) is 13.0 Å². The monoisotopic (exact) mass is 642 g/mol. The van der Waals surface area contributed by atoms with Crippen molar-refractivity contribution in [3.05, 3.63) is 129 Å². The van der Waals surface area contributed by atoms with E-state index in [-0.39, 0.29) is 46.0 Å². The van der Waals surface area contributed by atoms with Gasteiger partial charge in [-0.1, -0.05) is 24.3 Å². The van der Waals surface area contributed by atoms with Gasteiger partial charge in [0.1, 0.15) is 22.8 Å². The number of hydrogen-bond acceptors (Lipinski definition) is 6. The van der Waals surface area contributed by atoms with E-state index >= 15 is 0 Å². The number of nitrogens with zero attached hydrogens (tertiary/aromatic N) is 3. The Morgan fingerprint density at radius 3 is 2.45 bits per heavy atom. The molecule has 0 fully saturated rings. The second-order valence-corrected chi connectivity index (χ2v) is 10.9. The molecule has 0 spiro atoms. The molecule has 0 saturated heterocycles. The SMILES string of the molecule is Cc1c(C(=O)O)ccc2c1CC[C@H]2NC(=O)c1cc(C(=O)NCc2ccc(F)c(F)c2)nc2c(C(=O)Nc3ccccc3F)cnn12. The minimum absolute atomic E-state index is 0.114. The third kappa shape index (κ3) is 6.00. The number of para-hydroxylation sites is 1. The van der Waals surface area contributed by atoms with E-state index < -0.39 is 47.2 Å². The highest BCUT2D eigenvalue weighted by atomic mass is 19.2. The van der Waals surface area contributed by atoms with Gasteiger partial charge in [-0.2, -0.15) is 5.10 Å². The first-order chi connectivity index (χ1) is 22.5. The Morgan fingerprint density at radius 2 is 1.70 bits per heavy atom.